The molecular weight excluding hydrogens is 1040 g/mol. The van der Waals surface area contributed by atoms with E-state index >= 15 is 0 Å². The molecule has 16 nitrogen and oxygen atoms in total. The van der Waals surface area contributed by atoms with Crippen LogP contribution in [0.4, 0.5) is 26.3 Å². The van der Waals surface area contributed by atoms with Gasteiger partial charge in [0.2, 0.25) is 0 Å². The lowest BCUT2D eigenvalue weighted by Gasteiger charge is -2.16. The van der Waals surface area contributed by atoms with Crippen LogP contribution in [0.5, 0.6) is 28.7 Å². The van der Waals surface area contributed by atoms with Gasteiger partial charge < -0.3 is 22.0 Å². The van der Waals surface area contributed by atoms with Crippen LogP contribution < -0.4 is 22.0 Å². The van der Waals surface area contributed by atoms with E-state index in [-0.39, 0.29) is 36.0 Å². The fraction of sp³-hybridized carbons (Fsp3) is 0.156. The van der Waals surface area contributed by atoms with Crippen LogP contribution in [0.3, 0.4) is 0 Å². The Labute approximate surface area is 402 Å². The van der Waals surface area contributed by atoms with E-state index in [0.717, 1.165) is 91.0 Å². The highest BCUT2D eigenvalue weighted by Crippen LogP contribution is 2.36. The van der Waals surface area contributed by atoms with Gasteiger partial charge >= 0.3 is 52.8 Å². The number of carbonyl (C=O) groups is 1. The molecule has 0 aliphatic carbocycles. The van der Waals surface area contributed by atoms with E-state index in [0.29, 0.717) is 23.3 Å². The van der Waals surface area contributed by atoms with Crippen molar-refractivity contribution in [1.29, 1.82) is 0 Å². The summed E-state index contributed by atoms with van der Waals surface area (Å²) in [6.07, 6.45) is -10.2. The minimum atomic E-state index is -5.53. The van der Waals surface area contributed by atoms with Gasteiger partial charge in [0, 0.05) is 23.6 Å². The van der Waals surface area contributed by atoms with Crippen LogP contribution in [0.15, 0.2) is 164 Å². The maximum absolute atomic E-state index is 14.3. The molecule has 0 unspecified atom stereocenters. The lowest BCUT2D eigenvalue weighted by Crippen LogP contribution is -2.25. The zero-order chi connectivity index (χ0) is 52.0. The van der Waals surface area contributed by atoms with Crippen LogP contribution in [-0.2, 0) is 44.8 Å². The van der Waals surface area contributed by atoms with E-state index in [1.807, 2.05) is 0 Å². The number of alkyl halides is 6. The molecule has 71 heavy (non-hydrogen) atoms. The molecule has 0 heterocycles. The predicted molar refractivity (Wildman–Crippen MR) is 238 cm³/mol. The van der Waals surface area contributed by atoms with Crippen molar-refractivity contribution in [3.05, 3.63) is 162 Å². The number of rotatable bonds is 20. The number of benzene rings is 6. The molecule has 0 atom stereocenters. The van der Waals surface area contributed by atoms with Crippen LogP contribution in [0.2, 0.25) is 0 Å². The second kappa shape index (κ2) is 21.1. The Bertz CT molecular complexity index is 3390. The molecule has 0 bridgehead atoms. The third kappa shape index (κ3) is 13.8. The highest BCUT2D eigenvalue weighted by molar-refractivity contribution is 7.88. The lowest BCUT2D eigenvalue weighted by atomic mass is 10.1. The summed E-state index contributed by atoms with van der Waals surface area (Å²) < 4.78 is 220. The largest absolute Gasteiger partial charge is 0.493 e. The van der Waals surface area contributed by atoms with E-state index in [1.54, 1.807) is 13.8 Å². The van der Waals surface area contributed by atoms with E-state index in [4.69, 9.17) is 22.0 Å². The van der Waals surface area contributed by atoms with Gasteiger partial charge in [0.15, 0.2) is 27.0 Å². The van der Waals surface area contributed by atoms with Gasteiger partial charge in [-0.1, -0.05) is 52.7 Å². The fourth-order valence-electron chi connectivity index (χ4n) is 5.85. The second-order valence-electron chi connectivity index (χ2n) is 14.7. The number of carbonyl (C=O) groups excluding carboxylic acids is 1. The molecule has 0 fully saturated rings. The first kappa shape index (κ1) is 53.2. The maximum atomic E-state index is 14.3. The van der Waals surface area contributed by atoms with Gasteiger partial charge in [-0.25, -0.2) is 0 Å². The molecule has 0 saturated carbocycles. The molecule has 6 aromatic rings. The summed E-state index contributed by atoms with van der Waals surface area (Å²) >= 11 is 0. The summed E-state index contributed by atoms with van der Waals surface area (Å²) in [4.78, 5) is 8.14. The summed E-state index contributed by atoms with van der Waals surface area (Å²) in [6.45, 7) is 3.26. The number of ketones is 1. The lowest BCUT2D eigenvalue weighted by molar-refractivity contribution is -0.0885. The molecule has 376 valence electrons. The Hall–Kier alpha value is -7.16. The van der Waals surface area contributed by atoms with Crippen LogP contribution >= 0.6 is 0 Å². The van der Waals surface area contributed by atoms with E-state index in [9.17, 15) is 64.8 Å². The third-order valence-corrected chi connectivity index (χ3v) is 14.3. The number of hydrogen-bond donors (Lipinski definition) is 0. The van der Waals surface area contributed by atoms with Gasteiger partial charge in [-0.2, -0.15) is 60.0 Å². The molecular formula is C45H35F6NO15S4. The number of Topliss-reactive ketones (excluding diaryl/α,β-unsaturated/α-hetero) is 1. The summed E-state index contributed by atoms with van der Waals surface area (Å²) in [5.74, 6) is -4.64. The second-order valence-corrected chi connectivity index (χ2v) is 20.8. The van der Waals surface area contributed by atoms with E-state index in [1.165, 1.54) is 36.4 Å². The van der Waals surface area contributed by atoms with Crippen molar-refractivity contribution in [2.75, 3.05) is 13.2 Å². The first-order valence-electron chi connectivity index (χ1n) is 20.0. The van der Waals surface area contributed by atoms with Crippen LogP contribution in [0.1, 0.15) is 33.5 Å². The first-order valence-corrected chi connectivity index (χ1v) is 25.6. The summed E-state index contributed by atoms with van der Waals surface area (Å²) in [5.41, 5.74) is -1.84. The normalized spacial score (nSPS) is 12.7. The van der Waals surface area contributed by atoms with Crippen molar-refractivity contribution in [2.24, 2.45) is 5.16 Å². The zero-order valence-corrected chi connectivity index (χ0v) is 39.6. The van der Waals surface area contributed by atoms with E-state index < -0.39 is 107 Å². The average molecular weight is 1070 g/mol. The standard InChI is InChI=1S/C45H35F6NO15S4/c1-29-8-21-36(22-9-29)68(54,55)64-35-20-25-39(65-69(56,57)37-23-10-30(2)11-24-37)41(28-35)70(58,59)66-38-6-3-4-7-40(38)71(60,61)67-52-42(44(46,47)48)31-12-16-33(17-13-31)62-26-5-27-63-34-18-14-32(15-19-34)43(53)45(49,50)51/h3-4,6-25,28H,5,26-27H2,1-2H3. The predicted octanol–water partition coefficient (Wildman–Crippen LogP) is 8.87. The Balaban J connectivity index is 1.20. The highest BCUT2D eigenvalue weighted by atomic mass is 32.2. The summed E-state index contributed by atoms with van der Waals surface area (Å²) in [5, 5.41) is 2.85. The van der Waals surface area contributed by atoms with E-state index in [2.05, 4.69) is 9.44 Å². The van der Waals surface area contributed by atoms with Gasteiger partial charge in [-0.05, 0) is 111 Å². The van der Waals surface area contributed by atoms with Gasteiger partial charge in [-0.3, -0.25) is 9.08 Å². The minimum Gasteiger partial charge on any atom is -0.493 e. The molecule has 0 aromatic heterocycles. The monoisotopic (exact) mass is 1070 g/mol. The topological polar surface area (TPSA) is 221 Å². The SMILES string of the molecule is Cc1ccc(S(=O)(=O)Oc2ccc(OS(=O)(=O)c3ccc(C)cc3)c(S(=O)(=O)Oc3ccccc3S(=O)(=O)ON=C(c3ccc(OCCCOc4ccc(C(=O)C(F)(F)F)cc4)cc3)C(F)(F)F)c2)cc1. The smallest absolute Gasteiger partial charge is 0.454 e. The van der Waals surface area contributed by atoms with Crippen LogP contribution in [0, 0.1) is 13.8 Å². The Morgan fingerprint density at radius 3 is 1.44 bits per heavy atom. The molecule has 0 radical (unpaired) electrons. The first-order chi connectivity index (χ1) is 33.1. The fourth-order valence-corrected chi connectivity index (χ4v) is 9.77. The Morgan fingerprint density at radius 2 is 0.930 bits per heavy atom. The number of halogens is 6. The van der Waals surface area contributed by atoms with Gasteiger partial charge in [0.25, 0.3) is 5.78 Å². The molecule has 0 aliphatic rings. The summed E-state index contributed by atoms with van der Waals surface area (Å²) in [7, 11) is -20.5. The number of nitrogens with zero attached hydrogens (tertiary/aromatic N) is 1. The number of para-hydroxylation sites is 1. The van der Waals surface area contributed by atoms with Crippen LogP contribution in [0.25, 0.3) is 0 Å². The van der Waals surface area contributed by atoms with Crippen molar-refractivity contribution >= 4 is 52.0 Å². The highest BCUT2D eigenvalue weighted by Gasteiger charge is 2.40. The van der Waals surface area contributed by atoms with Crippen molar-refractivity contribution in [3.8, 4) is 28.7 Å². The van der Waals surface area contributed by atoms with Gasteiger partial charge in [0.05, 0.1) is 13.2 Å². The number of ether oxygens (including phenoxy) is 2. The van der Waals surface area contributed by atoms with Gasteiger partial charge in [0.1, 0.15) is 27.0 Å². The molecule has 0 spiro atoms. The van der Waals surface area contributed by atoms with Crippen molar-refractivity contribution in [1.82, 2.24) is 0 Å². The molecule has 6 aromatic carbocycles. The van der Waals surface area contributed by atoms with Crippen molar-refractivity contribution < 1.29 is 91.1 Å². The number of hydrogen-bond acceptors (Lipinski definition) is 16. The molecule has 0 amide bonds. The summed E-state index contributed by atoms with van der Waals surface area (Å²) in [6, 6.07) is 24.1. The molecule has 26 heteroatoms. The molecule has 6 rings (SSSR count). The van der Waals surface area contributed by atoms with Gasteiger partial charge in [-0.15, -0.1) is 0 Å². The number of aryl methyl sites for hydroxylation is 2. The quantitative estimate of drug-likeness (QED) is 0.0174. The molecule has 0 N–H and O–H groups in total. The Kier molecular flexibility index (Phi) is 15.8. The third-order valence-electron chi connectivity index (χ3n) is 9.35. The number of oxime groups is 1. The minimum absolute atomic E-state index is 0.0146. The van der Waals surface area contributed by atoms with Crippen LogP contribution in [-0.4, -0.2) is 70.7 Å². The zero-order valence-electron chi connectivity index (χ0n) is 36.4. The van der Waals surface area contributed by atoms with Crippen molar-refractivity contribution in [2.45, 2.75) is 52.2 Å². The average Bonchev–Trinajstić information content (AvgIpc) is 3.29. The van der Waals surface area contributed by atoms with Crippen molar-refractivity contribution in [3.63, 3.8) is 0 Å². The maximum Gasteiger partial charge on any atom is 0.454 e. The Morgan fingerprint density at radius 1 is 0.479 bits per heavy atom. The molecule has 0 aliphatic heterocycles. The molecule has 0 saturated heterocycles.